The van der Waals surface area contributed by atoms with Crippen LogP contribution >= 0.6 is 11.8 Å². The first kappa shape index (κ1) is 53.5. The van der Waals surface area contributed by atoms with Crippen LogP contribution in [0.15, 0.2) is 0 Å². The average Bonchev–Trinajstić information content (AvgIpc) is 3.70. The predicted molar refractivity (Wildman–Crippen MR) is 222 cm³/mol. The summed E-state index contributed by atoms with van der Waals surface area (Å²) in [7, 11) is 0. The third-order valence-electron chi connectivity index (χ3n) is 10.5. The number of amides is 7. The highest BCUT2D eigenvalue weighted by Crippen LogP contribution is 2.20. The predicted octanol–water partition coefficient (Wildman–Crippen LogP) is -2.24. The molecule has 0 bridgehead atoms. The van der Waals surface area contributed by atoms with Crippen molar-refractivity contribution in [2.75, 3.05) is 31.7 Å². The van der Waals surface area contributed by atoms with Crippen molar-refractivity contribution < 1.29 is 58.5 Å². The Morgan fingerprint density at radius 3 is 1.77 bits per heavy atom. The minimum Gasteiger partial charge on any atom is -0.481 e. The largest absolute Gasteiger partial charge is 0.481 e. The van der Waals surface area contributed by atoms with Crippen molar-refractivity contribution >= 4 is 65.1 Å². The Hall–Kier alpha value is -4.54. The minimum atomic E-state index is -1.72. The second kappa shape index (κ2) is 27.3. The van der Waals surface area contributed by atoms with Gasteiger partial charge in [-0.05, 0) is 75.8 Å². The molecule has 22 heteroatoms. The molecule has 1 rings (SSSR count). The van der Waals surface area contributed by atoms with E-state index >= 15 is 0 Å². The number of carboxylic acids is 2. The Kier molecular flexibility index (Phi) is 24.4. The van der Waals surface area contributed by atoms with Gasteiger partial charge in [-0.2, -0.15) is 11.8 Å². The molecule has 342 valence electrons. The number of nitrogens with one attached hydrogen (secondary N) is 6. The summed E-state index contributed by atoms with van der Waals surface area (Å²) in [6.07, 6.45) is 3.40. The molecule has 0 aromatic heterocycles. The summed E-state index contributed by atoms with van der Waals surface area (Å²) in [5, 5.41) is 44.5. The molecular weight excluding hydrogens is 807 g/mol. The molecule has 1 fully saturated rings. The lowest BCUT2D eigenvalue weighted by Gasteiger charge is -2.30. The summed E-state index contributed by atoms with van der Waals surface area (Å²) in [6.45, 7) is 7.79. The van der Waals surface area contributed by atoms with E-state index in [1.54, 1.807) is 34.0 Å². The van der Waals surface area contributed by atoms with Gasteiger partial charge in [-0.3, -0.25) is 38.4 Å². The Bertz CT molecular complexity index is 1490. The maximum absolute atomic E-state index is 13.8. The van der Waals surface area contributed by atoms with E-state index in [1.807, 2.05) is 0 Å². The number of aliphatic hydroxyl groups excluding tert-OH is 1. The minimum absolute atomic E-state index is 0.0267. The van der Waals surface area contributed by atoms with Crippen molar-refractivity contribution in [1.29, 1.82) is 0 Å². The van der Waals surface area contributed by atoms with Gasteiger partial charge in [0.15, 0.2) is 0 Å². The number of carboxylic acid groups (broad SMARTS) is 2. The van der Waals surface area contributed by atoms with Crippen LogP contribution in [0.3, 0.4) is 0 Å². The van der Waals surface area contributed by atoms with Gasteiger partial charge in [-0.25, -0.2) is 4.79 Å². The number of carbonyl (C=O) groups excluding carboxylic acids is 7. The van der Waals surface area contributed by atoms with Gasteiger partial charge >= 0.3 is 11.9 Å². The third-order valence-corrected chi connectivity index (χ3v) is 11.1. The Morgan fingerprint density at radius 1 is 0.717 bits per heavy atom. The zero-order chi connectivity index (χ0) is 45.7. The summed E-state index contributed by atoms with van der Waals surface area (Å²) in [6, 6.07) is -10.2. The van der Waals surface area contributed by atoms with Gasteiger partial charge in [0.2, 0.25) is 41.4 Å². The van der Waals surface area contributed by atoms with Crippen LogP contribution in [-0.2, 0) is 43.2 Å². The van der Waals surface area contributed by atoms with Gasteiger partial charge in [0.1, 0.15) is 42.3 Å². The molecule has 0 unspecified atom stereocenters. The molecular formula is C38H67N9O12S. The topological polar surface area (TPSA) is 342 Å². The van der Waals surface area contributed by atoms with Crippen LogP contribution in [0.25, 0.3) is 0 Å². The van der Waals surface area contributed by atoms with Crippen molar-refractivity contribution in [1.82, 2.24) is 36.8 Å². The van der Waals surface area contributed by atoms with Crippen LogP contribution in [-0.4, -0.2) is 154 Å². The first-order valence-corrected chi connectivity index (χ1v) is 21.8. The van der Waals surface area contributed by atoms with Crippen LogP contribution in [0.2, 0.25) is 0 Å². The lowest BCUT2D eigenvalue weighted by molar-refractivity contribution is -0.145. The number of rotatable bonds is 28. The number of hydrogen-bond acceptors (Lipinski definition) is 13. The molecule has 10 atom stereocenters. The number of hydrogen-bond donors (Lipinski definition) is 11. The molecule has 13 N–H and O–H groups in total. The molecule has 0 aliphatic carbocycles. The Labute approximate surface area is 355 Å². The van der Waals surface area contributed by atoms with Crippen molar-refractivity contribution in [3.63, 3.8) is 0 Å². The highest BCUT2D eigenvalue weighted by molar-refractivity contribution is 7.98. The molecule has 0 radical (unpaired) electrons. The van der Waals surface area contributed by atoms with Gasteiger partial charge < -0.3 is 63.6 Å². The van der Waals surface area contributed by atoms with E-state index in [9.17, 15) is 58.5 Å². The fraction of sp³-hybridized carbons (Fsp3) is 0.763. The molecule has 0 aromatic rings. The summed E-state index contributed by atoms with van der Waals surface area (Å²) in [5.74, 6) is -9.03. The monoisotopic (exact) mass is 873 g/mol. The Morgan fingerprint density at radius 2 is 1.25 bits per heavy atom. The number of thioether (sulfide) groups is 1. The second-order valence-corrected chi connectivity index (χ2v) is 16.1. The SMILES string of the molecule is CC[C@H](C)[C@H](NC(=O)[C@@H](NC(=O)[C@H](CC(=O)O)NC(=O)[C@H](CCSC)NC(=O)[C@@H]1CCCN1C(=O)[C@H](CO)NC(=O)[C@H](CCCCN)NC(=O)[C@H](C)N)[C@@H](C)CC)C(=O)O. The standard InChI is InChI=1S/C38H67N9O12S/c1-7-20(3)29(36(56)46-30(38(58)59)21(4)8-2)45-34(54)25(18-28(49)50)43-33(53)24(14-17-60-6)42-35(55)27-13-11-16-47(27)37(57)26(19-48)44-32(52)23(12-9-10-15-39)41-31(51)22(5)40/h20-27,29-30,48H,7-19,39-40H2,1-6H3,(H,41,51)(H,42,55)(H,43,53)(H,44,52)(H,45,54)(H,46,56)(H,49,50)(H,58,59)/t20-,21-,22-,23-,24-,25-,26-,27-,29-,30-/m0/s1. The number of unbranched alkanes of at least 4 members (excludes halogenated alkanes) is 1. The first-order chi connectivity index (χ1) is 28.3. The molecule has 0 saturated carbocycles. The zero-order valence-corrected chi connectivity index (χ0v) is 36.3. The average molecular weight is 874 g/mol. The van der Waals surface area contributed by atoms with Gasteiger partial charge in [-0.1, -0.05) is 40.5 Å². The number of likely N-dealkylation sites (tertiary alicyclic amines) is 1. The Balaban J connectivity index is 3.26. The maximum Gasteiger partial charge on any atom is 0.326 e. The van der Waals surface area contributed by atoms with Gasteiger partial charge in [0.25, 0.3) is 0 Å². The first-order valence-electron chi connectivity index (χ1n) is 20.4. The van der Waals surface area contributed by atoms with E-state index in [-0.39, 0.29) is 25.8 Å². The van der Waals surface area contributed by atoms with E-state index in [1.165, 1.54) is 23.6 Å². The van der Waals surface area contributed by atoms with E-state index in [0.717, 1.165) is 0 Å². The van der Waals surface area contributed by atoms with Crippen molar-refractivity contribution in [3.8, 4) is 0 Å². The van der Waals surface area contributed by atoms with Crippen molar-refractivity contribution in [2.24, 2.45) is 23.3 Å². The van der Waals surface area contributed by atoms with Crippen LogP contribution in [0.4, 0.5) is 0 Å². The fourth-order valence-electron chi connectivity index (χ4n) is 6.34. The summed E-state index contributed by atoms with van der Waals surface area (Å²) >= 11 is 1.34. The van der Waals surface area contributed by atoms with Crippen LogP contribution in [0.5, 0.6) is 0 Å². The van der Waals surface area contributed by atoms with Gasteiger partial charge in [0, 0.05) is 6.54 Å². The molecule has 0 aromatic carbocycles. The summed E-state index contributed by atoms with van der Waals surface area (Å²) < 4.78 is 0. The van der Waals surface area contributed by atoms with E-state index in [4.69, 9.17) is 11.5 Å². The number of aliphatic hydroxyl groups is 1. The zero-order valence-electron chi connectivity index (χ0n) is 35.5. The van der Waals surface area contributed by atoms with E-state index < -0.39 is 126 Å². The molecule has 60 heavy (non-hydrogen) atoms. The smallest absolute Gasteiger partial charge is 0.326 e. The van der Waals surface area contributed by atoms with Crippen molar-refractivity contribution in [2.45, 2.75) is 141 Å². The third kappa shape index (κ3) is 17.2. The van der Waals surface area contributed by atoms with Gasteiger partial charge in [0.05, 0.1) is 19.1 Å². The summed E-state index contributed by atoms with van der Waals surface area (Å²) in [4.78, 5) is 119. The lowest BCUT2D eigenvalue weighted by Crippen LogP contribution is -2.61. The lowest BCUT2D eigenvalue weighted by atomic mass is 9.95. The quantitative estimate of drug-likeness (QED) is 0.0370. The molecule has 1 saturated heterocycles. The van der Waals surface area contributed by atoms with Gasteiger partial charge in [-0.15, -0.1) is 0 Å². The van der Waals surface area contributed by atoms with Crippen LogP contribution < -0.4 is 43.4 Å². The molecule has 1 aliphatic rings. The number of nitrogens with zero attached hydrogens (tertiary/aromatic N) is 1. The van der Waals surface area contributed by atoms with E-state index in [2.05, 4.69) is 31.9 Å². The molecule has 7 amide bonds. The molecule has 1 heterocycles. The highest BCUT2D eigenvalue weighted by atomic mass is 32.2. The number of nitrogens with two attached hydrogens (primary N) is 2. The van der Waals surface area contributed by atoms with Crippen LogP contribution in [0, 0.1) is 11.8 Å². The molecule has 1 aliphatic heterocycles. The number of carbonyl (C=O) groups is 9. The van der Waals surface area contributed by atoms with E-state index in [0.29, 0.717) is 44.4 Å². The summed E-state index contributed by atoms with van der Waals surface area (Å²) in [5.41, 5.74) is 11.2. The maximum atomic E-state index is 13.8. The molecule has 21 nitrogen and oxygen atoms in total. The number of aliphatic carboxylic acids is 2. The van der Waals surface area contributed by atoms with Crippen molar-refractivity contribution in [3.05, 3.63) is 0 Å². The molecule has 0 spiro atoms. The second-order valence-electron chi connectivity index (χ2n) is 15.2. The van der Waals surface area contributed by atoms with Crippen LogP contribution in [0.1, 0.15) is 92.4 Å². The highest BCUT2D eigenvalue weighted by Gasteiger charge is 2.40. The fourth-order valence-corrected chi connectivity index (χ4v) is 6.81. The normalized spacial score (nSPS) is 18.2.